The number of imidazole rings is 1. The van der Waals surface area contributed by atoms with Gasteiger partial charge in [-0.15, -0.1) is 0 Å². The summed E-state index contributed by atoms with van der Waals surface area (Å²) in [6.07, 6.45) is 7.64. The van der Waals surface area contributed by atoms with Gasteiger partial charge in [0.25, 0.3) is 0 Å². The van der Waals surface area contributed by atoms with Gasteiger partial charge >= 0.3 is 0 Å². The SMILES string of the molecule is N#CC(=Cc1cnc(N2CCCC2)nc1)c1nc2ccccc2[nH]1. The second-order valence-corrected chi connectivity index (χ2v) is 5.78. The topological polar surface area (TPSA) is 81.5 Å². The molecule has 3 aromatic rings. The summed E-state index contributed by atoms with van der Waals surface area (Å²) in [5.41, 5.74) is 3.00. The molecule has 0 saturated carbocycles. The molecule has 0 amide bonds. The third kappa shape index (κ3) is 2.72. The number of fused-ring (bicyclic) bond motifs is 1. The molecule has 1 aliphatic rings. The zero-order valence-electron chi connectivity index (χ0n) is 13.1. The van der Waals surface area contributed by atoms with Gasteiger partial charge in [-0.05, 0) is 31.1 Å². The van der Waals surface area contributed by atoms with E-state index >= 15 is 0 Å². The van der Waals surface area contributed by atoms with E-state index in [-0.39, 0.29) is 0 Å². The number of anilines is 1. The molecule has 1 aromatic carbocycles. The largest absolute Gasteiger partial charge is 0.341 e. The molecule has 1 saturated heterocycles. The van der Waals surface area contributed by atoms with E-state index in [4.69, 9.17) is 0 Å². The van der Waals surface area contributed by atoms with Gasteiger partial charge in [-0.3, -0.25) is 0 Å². The molecule has 1 N–H and O–H groups in total. The lowest BCUT2D eigenvalue weighted by atomic mass is 10.2. The normalized spacial score (nSPS) is 15.0. The van der Waals surface area contributed by atoms with Crippen LogP contribution in [0.2, 0.25) is 0 Å². The fourth-order valence-electron chi connectivity index (χ4n) is 2.89. The molecule has 118 valence electrons. The number of nitrogens with one attached hydrogen (secondary N) is 1. The average Bonchev–Trinajstić information content (AvgIpc) is 3.29. The Kier molecular flexibility index (Phi) is 3.67. The summed E-state index contributed by atoms with van der Waals surface area (Å²) < 4.78 is 0. The maximum absolute atomic E-state index is 9.47. The van der Waals surface area contributed by atoms with E-state index < -0.39 is 0 Å². The number of hydrogen-bond donors (Lipinski definition) is 1. The molecule has 0 spiro atoms. The average molecular weight is 316 g/mol. The van der Waals surface area contributed by atoms with Crippen LogP contribution in [0.4, 0.5) is 5.95 Å². The lowest BCUT2D eigenvalue weighted by Gasteiger charge is -2.14. The van der Waals surface area contributed by atoms with Crippen molar-refractivity contribution in [1.82, 2.24) is 19.9 Å². The summed E-state index contributed by atoms with van der Waals surface area (Å²) in [4.78, 5) is 18.6. The van der Waals surface area contributed by atoms with Crippen LogP contribution in [0.1, 0.15) is 24.2 Å². The summed E-state index contributed by atoms with van der Waals surface area (Å²) in [7, 11) is 0. The van der Waals surface area contributed by atoms with E-state index in [9.17, 15) is 5.26 Å². The third-order valence-electron chi connectivity index (χ3n) is 4.12. The van der Waals surface area contributed by atoms with E-state index in [0.717, 1.165) is 35.6 Å². The van der Waals surface area contributed by atoms with E-state index in [1.54, 1.807) is 18.5 Å². The molecule has 0 atom stereocenters. The highest BCUT2D eigenvalue weighted by Crippen LogP contribution is 2.20. The molecule has 2 aromatic heterocycles. The fourth-order valence-corrected chi connectivity index (χ4v) is 2.89. The van der Waals surface area contributed by atoms with Gasteiger partial charge < -0.3 is 9.88 Å². The Bertz CT molecular complexity index is 893. The number of aromatic amines is 1. The van der Waals surface area contributed by atoms with Crippen LogP contribution < -0.4 is 4.90 Å². The fraction of sp³-hybridized carbons (Fsp3) is 0.222. The number of hydrogen-bond acceptors (Lipinski definition) is 5. The molecule has 4 rings (SSSR count). The number of aromatic nitrogens is 4. The number of H-pyrrole nitrogens is 1. The van der Waals surface area contributed by atoms with Crippen LogP contribution in [-0.4, -0.2) is 33.0 Å². The molecule has 0 bridgehead atoms. The quantitative estimate of drug-likeness (QED) is 0.751. The maximum Gasteiger partial charge on any atom is 0.225 e. The first-order valence-electron chi connectivity index (χ1n) is 7.97. The van der Waals surface area contributed by atoms with Crippen LogP contribution in [0.15, 0.2) is 36.7 Å². The summed E-state index contributed by atoms with van der Waals surface area (Å²) >= 11 is 0. The predicted molar refractivity (Wildman–Crippen MR) is 93.1 cm³/mol. The third-order valence-corrected chi connectivity index (χ3v) is 4.12. The van der Waals surface area contributed by atoms with Crippen molar-refractivity contribution in [3.05, 3.63) is 48.0 Å². The van der Waals surface area contributed by atoms with Gasteiger partial charge in [0.1, 0.15) is 11.9 Å². The van der Waals surface area contributed by atoms with Gasteiger partial charge in [0.15, 0.2) is 0 Å². The Morgan fingerprint density at radius 2 is 1.92 bits per heavy atom. The van der Waals surface area contributed by atoms with Crippen molar-refractivity contribution >= 4 is 28.6 Å². The van der Waals surface area contributed by atoms with Crippen molar-refractivity contribution in [3.8, 4) is 6.07 Å². The van der Waals surface area contributed by atoms with Crippen molar-refractivity contribution in [2.24, 2.45) is 0 Å². The van der Waals surface area contributed by atoms with E-state index in [1.165, 1.54) is 12.8 Å². The van der Waals surface area contributed by atoms with Crippen molar-refractivity contribution in [2.75, 3.05) is 18.0 Å². The standard InChI is InChI=1S/C18H16N6/c19-10-14(17-22-15-5-1-2-6-16(15)23-17)9-13-11-20-18(21-12-13)24-7-3-4-8-24/h1-2,5-6,9,11-12H,3-4,7-8H2,(H,22,23). The first-order valence-corrected chi connectivity index (χ1v) is 7.97. The second-order valence-electron chi connectivity index (χ2n) is 5.78. The minimum Gasteiger partial charge on any atom is -0.341 e. The predicted octanol–water partition coefficient (Wildman–Crippen LogP) is 3.02. The number of rotatable bonds is 3. The van der Waals surface area contributed by atoms with Crippen LogP contribution >= 0.6 is 0 Å². The highest BCUT2D eigenvalue weighted by molar-refractivity contribution is 5.90. The van der Waals surface area contributed by atoms with E-state index in [0.29, 0.717) is 11.4 Å². The highest BCUT2D eigenvalue weighted by atomic mass is 15.3. The molecule has 6 heteroatoms. The van der Waals surface area contributed by atoms with Crippen molar-refractivity contribution in [3.63, 3.8) is 0 Å². The minimum atomic E-state index is 0.462. The van der Waals surface area contributed by atoms with Gasteiger partial charge in [-0.1, -0.05) is 12.1 Å². The van der Waals surface area contributed by atoms with Crippen LogP contribution in [0.3, 0.4) is 0 Å². The molecule has 0 aliphatic carbocycles. The molecular weight excluding hydrogens is 300 g/mol. The molecule has 6 nitrogen and oxygen atoms in total. The maximum atomic E-state index is 9.47. The molecule has 3 heterocycles. The van der Waals surface area contributed by atoms with Gasteiger partial charge in [0, 0.05) is 31.0 Å². The number of nitrogens with zero attached hydrogens (tertiary/aromatic N) is 5. The smallest absolute Gasteiger partial charge is 0.225 e. The van der Waals surface area contributed by atoms with Crippen LogP contribution in [0.25, 0.3) is 22.7 Å². The number of benzene rings is 1. The van der Waals surface area contributed by atoms with Gasteiger partial charge in [0.2, 0.25) is 5.95 Å². The zero-order valence-corrected chi connectivity index (χ0v) is 13.1. The van der Waals surface area contributed by atoms with E-state index in [1.807, 2.05) is 24.3 Å². The first kappa shape index (κ1) is 14.4. The Hall–Kier alpha value is -3.20. The number of nitriles is 1. The lowest BCUT2D eigenvalue weighted by molar-refractivity contribution is 0.897. The molecule has 0 radical (unpaired) electrons. The summed E-state index contributed by atoms with van der Waals surface area (Å²) in [6, 6.07) is 9.91. The van der Waals surface area contributed by atoms with Crippen LogP contribution in [0.5, 0.6) is 0 Å². The van der Waals surface area contributed by atoms with Crippen molar-refractivity contribution in [2.45, 2.75) is 12.8 Å². The Morgan fingerprint density at radius 3 is 2.62 bits per heavy atom. The first-order chi connectivity index (χ1) is 11.8. The summed E-state index contributed by atoms with van der Waals surface area (Å²) in [6.45, 7) is 2.02. The molecule has 0 unspecified atom stereocenters. The molecule has 1 fully saturated rings. The molecular formula is C18H16N6. The molecule has 1 aliphatic heterocycles. The lowest BCUT2D eigenvalue weighted by Crippen LogP contribution is -2.20. The van der Waals surface area contributed by atoms with E-state index in [2.05, 4.69) is 30.9 Å². The monoisotopic (exact) mass is 316 g/mol. The molecule has 24 heavy (non-hydrogen) atoms. The van der Waals surface area contributed by atoms with Gasteiger partial charge in [0.05, 0.1) is 16.6 Å². The summed E-state index contributed by atoms with van der Waals surface area (Å²) in [5, 5.41) is 9.47. The second kappa shape index (κ2) is 6.13. The minimum absolute atomic E-state index is 0.462. The highest BCUT2D eigenvalue weighted by Gasteiger charge is 2.14. The van der Waals surface area contributed by atoms with Gasteiger partial charge in [-0.25, -0.2) is 15.0 Å². The van der Waals surface area contributed by atoms with Crippen LogP contribution in [-0.2, 0) is 0 Å². The summed E-state index contributed by atoms with van der Waals surface area (Å²) in [5.74, 6) is 1.31. The van der Waals surface area contributed by atoms with Crippen molar-refractivity contribution in [1.29, 1.82) is 5.26 Å². The van der Waals surface area contributed by atoms with Crippen LogP contribution in [0, 0.1) is 11.3 Å². The number of para-hydroxylation sites is 2. The Balaban J connectivity index is 1.63. The number of allylic oxidation sites excluding steroid dienone is 1. The zero-order chi connectivity index (χ0) is 16.4. The van der Waals surface area contributed by atoms with Crippen molar-refractivity contribution < 1.29 is 0 Å². The Labute approximate surface area is 139 Å². The van der Waals surface area contributed by atoms with Gasteiger partial charge in [-0.2, -0.15) is 5.26 Å². The Morgan fingerprint density at radius 1 is 1.17 bits per heavy atom.